The summed E-state index contributed by atoms with van der Waals surface area (Å²) in [7, 11) is 4.26. The van der Waals surface area contributed by atoms with Gasteiger partial charge >= 0.3 is 0 Å². The topological polar surface area (TPSA) is 188 Å². The fourth-order valence-electron chi connectivity index (χ4n) is 5.63. The number of aromatic hydroxyl groups is 2. The molecule has 2 aromatic rings. The summed E-state index contributed by atoms with van der Waals surface area (Å²) in [6.45, 7) is -0.939. The Kier molecular flexibility index (Phi) is 9.07. The van der Waals surface area contributed by atoms with Gasteiger partial charge in [-0.15, -0.1) is 0 Å². The van der Waals surface area contributed by atoms with Gasteiger partial charge in [-0.1, -0.05) is 6.07 Å². The van der Waals surface area contributed by atoms with E-state index in [0.717, 1.165) is 5.56 Å². The van der Waals surface area contributed by atoms with Crippen LogP contribution in [-0.2, 0) is 15.9 Å². The fraction of sp³-hybridized carbons (Fsp3) is 0.556. The molecule has 0 aromatic heterocycles. The minimum absolute atomic E-state index is 0.0744. The molecule has 7 N–H and O–H groups in total. The lowest BCUT2D eigenvalue weighted by Crippen LogP contribution is -2.59. The minimum atomic E-state index is -1.61. The van der Waals surface area contributed by atoms with Crippen LogP contribution >= 0.6 is 0 Å². The third kappa shape index (κ3) is 5.33. The largest absolute Gasteiger partial charge is 0.504 e. The first-order valence-electron chi connectivity index (χ1n) is 12.6. The third-order valence-corrected chi connectivity index (χ3v) is 7.69. The monoisotopic (exact) mass is 552 g/mol. The van der Waals surface area contributed by atoms with E-state index in [1.165, 1.54) is 27.4 Å². The molecule has 1 saturated heterocycles. The smallest absolute Gasteiger partial charge is 0.201 e. The second-order valence-corrected chi connectivity index (χ2v) is 9.78. The van der Waals surface area contributed by atoms with Crippen LogP contribution in [0.25, 0.3) is 0 Å². The van der Waals surface area contributed by atoms with Crippen LogP contribution in [0.15, 0.2) is 24.3 Å². The molecule has 8 atom stereocenters. The molecule has 0 radical (unpaired) electrons. The van der Waals surface area contributed by atoms with E-state index in [2.05, 4.69) is 0 Å². The van der Waals surface area contributed by atoms with Crippen LogP contribution in [0.5, 0.6) is 28.7 Å². The average Bonchev–Trinajstić information content (AvgIpc) is 2.95. The Bertz CT molecular complexity index is 1140. The number of methoxy groups -OCH3 is 3. The van der Waals surface area contributed by atoms with E-state index in [1.807, 2.05) is 0 Å². The maximum Gasteiger partial charge on any atom is 0.201 e. The van der Waals surface area contributed by atoms with E-state index in [4.69, 9.17) is 23.7 Å². The molecule has 0 unspecified atom stereocenters. The number of aliphatic hydroxyl groups is 5. The molecule has 12 nitrogen and oxygen atoms in total. The summed E-state index contributed by atoms with van der Waals surface area (Å²) >= 11 is 0. The highest BCUT2D eigenvalue weighted by Gasteiger charge is 2.46. The standard InChI is InChI=1S/C27H36O12/c1-35-17-7-12(4-5-16(17)30)20-15(11-38-27-25(34)24(33)22(31)19(10-29)39-27)14(9-28)6-13-8-18(36-2)23(32)26(37-3)21(13)20/h4-5,7-8,14-15,19-20,22,24-25,27-34H,6,9-11H2,1-3H3/t14-,15+,19+,20+,22+,24-,25+,27+/m0/s1. The average molecular weight is 553 g/mol. The number of rotatable bonds is 9. The van der Waals surface area contributed by atoms with Crippen molar-refractivity contribution < 1.29 is 59.4 Å². The van der Waals surface area contributed by atoms with Gasteiger partial charge in [-0.25, -0.2) is 0 Å². The van der Waals surface area contributed by atoms with Crippen molar-refractivity contribution in [3.8, 4) is 28.7 Å². The second kappa shape index (κ2) is 12.1. The molecular weight excluding hydrogens is 516 g/mol. The first kappa shape index (κ1) is 29.2. The number of fused-ring (bicyclic) bond motifs is 1. The predicted octanol–water partition coefficient (Wildman–Crippen LogP) is -0.147. The number of hydrogen-bond donors (Lipinski definition) is 7. The van der Waals surface area contributed by atoms with Gasteiger partial charge in [0, 0.05) is 18.1 Å². The molecule has 12 heteroatoms. The maximum absolute atomic E-state index is 10.9. The van der Waals surface area contributed by atoms with Crippen LogP contribution in [0.3, 0.4) is 0 Å². The maximum atomic E-state index is 10.9. The molecular formula is C27H36O12. The van der Waals surface area contributed by atoms with Crippen LogP contribution in [0, 0.1) is 11.8 Å². The zero-order valence-electron chi connectivity index (χ0n) is 21.9. The molecule has 39 heavy (non-hydrogen) atoms. The lowest BCUT2D eigenvalue weighted by molar-refractivity contribution is -0.304. The Morgan fingerprint density at radius 3 is 2.21 bits per heavy atom. The fourth-order valence-corrected chi connectivity index (χ4v) is 5.63. The van der Waals surface area contributed by atoms with Gasteiger partial charge in [0.1, 0.15) is 24.4 Å². The van der Waals surface area contributed by atoms with Gasteiger partial charge in [0.15, 0.2) is 29.3 Å². The highest BCUT2D eigenvalue weighted by Crippen LogP contribution is 2.53. The van der Waals surface area contributed by atoms with Crippen molar-refractivity contribution in [3.05, 3.63) is 41.0 Å². The number of phenolic OH excluding ortho intramolecular Hbond substituents is 2. The number of hydrogen-bond acceptors (Lipinski definition) is 12. The van der Waals surface area contributed by atoms with Crippen molar-refractivity contribution in [2.75, 3.05) is 41.2 Å². The third-order valence-electron chi connectivity index (χ3n) is 7.69. The summed E-state index contributed by atoms with van der Waals surface area (Å²) in [5, 5.41) is 71.9. The van der Waals surface area contributed by atoms with Gasteiger partial charge in [-0.2, -0.15) is 0 Å². The predicted molar refractivity (Wildman–Crippen MR) is 135 cm³/mol. The number of benzene rings is 2. The Labute approximate surface area is 225 Å². The first-order chi connectivity index (χ1) is 18.7. The van der Waals surface area contributed by atoms with Crippen LogP contribution < -0.4 is 14.2 Å². The molecule has 1 aliphatic heterocycles. The van der Waals surface area contributed by atoms with Crippen molar-refractivity contribution in [2.45, 2.75) is 43.0 Å². The van der Waals surface area contributed by atoms with E-state index in [-0.39, 0.29) is 47.9 Å². The van der Waals surface area contributed by atoms with Crippen molar-refractivity contribution in [1.82, 2.24) is 0 Å². The minimum Gasteiger partial charge on any atom is -0.504 e. The van der Waals surface area contributed by atoms with Gasteiger partial charge in [0.05, 0.1) is 34.5 Å². The highest BCUT2D eigenvalue weighted by atomic mass is 16.7. The van der Waals surface area contributed by atoms with Crippen molar-refractivity contribution in [3.63, 3.8) is 0 Å². The zero-order chi connectivity index (χ0) is 28.4. The van der Waals surface area contributed by atoms with Crippen molar-refractivity contribution in [2.24, 2.45) is 11.8 Å². The summed E-state index contributed by atoms with van der Waals surface area (Å²) in [5.41, 5.74) is 2.05. The molecule has 4 rings (SSSR count). The lowest BCUT2D eigenvalue weighted by atomic mass is 9.66. The lowest BCUT2D eigenvalue weighted by Gasteiger charge is -2.43. The molecule has 0 bridgehead atoms. The van der Waals surface area contributed by atoms with E-state index in [0.29, 0.717) is 17.5 Å². The Morgan fingerprint density at radius 1 is 0.872 bits per heavy atom. The summed E-state index contributed by atoms with van der Waals surface area (Å²) in [4.78, 5) is 0. The van der Waals surface area contributed by atoms with Crippen LogP contribution in [0.2, 0.25) is 0 Å². The first-order valence-corrected chi connectivity index (χ1v) is 12.6. The molecule has 0 spiro atoms. The summed E-state index contributed by atoms with van der Waals surface area (Å²) in [6.07, 6.45) is -6.88. The van der Waals surface area contributed by atoms with E-state index in [9.17, 15) is 35.7 Å². The van der Waals surface area contributed by atoms with Gasteiger partial charge in [0.25, 0.3) is 0 Å². The molecule has 0 saturated carbocycles. The summed E-state index contributed by atoms with van der Waals surface area (Å²) in [6, 6.07) is 6.50. The van der Waals surface area contributed by atoms with Crippen LogP contribution in [-0.4, -0.2) is 108 Å². The van der Waals surface area contributed by atoms with Gasteiger partial charge in [0.2, 0.25) is 5.75 Å². The second-order valence-electron chi connectivity index (χ2n) is 9.78. The summed E-state index contributed by atoms with van der Waals surface area (Å²) < 4.78 is 27.8. The van der Waals surface area contributed by atoms with Crippen LogP contribution in [0.1, 0.15) is 22.6 Å². The van der Waals surface area contributed by atoms with Gasteiger partial charge < -0.3 is 59.4 Å². The molecule has 2 aliphatic rings. The van der Waals surface area contributed by atoms with E-state index >= 15 is 0 Å². The molecule has 1 heterocycles. The van der Waals surface area contributed by atoms with Gasteiger partial charge in [-0.05, 0) is 47.6 Å². The summed E-state index contributed by atoms with van der Waals surface area (Å²) in [5.74, 6) is -1.13. The van der Waals surface area contributed by atoms with Crippen molar-refractivity contribution in [1.29, 1.82) is 0 Å². The highest BCUT2D eigenvalue weighted by molar-refractivity contribution is 5.62. The van der Waals surface area contributed by atoms with Crippen molar-refractivity contribution >= 4 is 0 Å². The Balaban J connectivity index is 1.80. The number of phenols is 2. The van der Waals surface area contributed by atoms with E-state index < -0.39 is 49.1 Å². The number of aliphatic hydroxyl groups excluding tert-OH is 5. The normalized spacial score (nSPS) is 30.5. The molecule has 0 amide bonds. The van der Waals surface area contributed by atoms with E-state index in [1.54, 1.807) is 18.2 Å². The molecule has 216 valence electrons. The molecule has 1 fully saturated rings. The number of ether oxygens (including phenoxy) is 5. The van der Waals surface area contributed by atoms with Gasteiger partial charge in [-0.3, -0.25) is 0 Å². The zero-order valence-corrected chi connectivity index (χ0v) is 21.9. The van der Waals surface area contributed by atoms with Crippen LogP contribution in [0.4, 0.5) is 0 Å². The molecule has 1 aliphatic carbocycles. The molecule has 2 aromatic carbocycles. The quantitative estimate of drug-likeness (QED) is 0.218. The Hall–Kier alpha value is -2.84. The SMILES string of the molecule is COc1cc([C@H]2c3c(cc(OC)c(O)c3OC)C[C@@H](CO)[C@H]2CO[C@@H]2O[C@H](CO)[C@@H](O)[C@H](O)[C@H]2O)ccc1O. The Morgan fingerprint density at radius 2 is 1.59 bits per heavy atom.